The molecule has 1 fully saturated rings. The second-order valence-electron chi connectivity index (χ2n) is 8.12. The van der Waals surface area contributed by atoms with Gasteiger partial charge in [-0.3, -0.25) is 19.4 Å². The molecule has 1 saturated heterocycles. The highest BCUT2D eigenvalue weighted by atomic mass is 16.5. The van der Waals surface area contributed by atoms with Gasteiger partial charge < -0.3 is 15.2 Å². The molecule has 3 rings (SSSR count). The van der Waals surface area contributed by atoms with Gasteiger partial charge in [0.15, 0.2) is 5.82 Å². The SMILES string of the molecule is Cc1cc(NC(=O)CN2CCN(CC(=O)NC(c3ccccc3)C(C)C)CC2)no1. The van der Waals surface area contributed by atoms with Crippen LogP contribution in [0.25, 0.3) is 0 Å². The molecule has 1 aromatic heterocycles. The van der Waals surface area contributed by atoms with Gasteiger partial charge in [0.25, 0.3) is 0 Å². The highest BCUT2D eigenvalue weighted by molar-refractivity contribution is 5.91. The van der Waals surface area contributed by atoms with Gasteiger partial charge >= 0.3 is 0 Å². The number of aryl methyl sites for hydroxylation is 1. The van der Waals surface area contributed by atoms with E-state index in [0.717, 1.165) is 31.7 Å². The smallest absolute Gasteiger partial charge is 0.239 e. The van der Waals surface area contributed by atoms with Crippen LogP contribution in [0.2, 0.25) is 0 Å². The van der Waals surface area contributed by atoms with Gasteiger partial charge in [0, 0.05) is 32.2 Å². The van der Waals surface area contributed by atoms with Crippen LogP contribution in [0.1, 0.15) is 31.2 Å². The lowest BCUT2D eigenvalue weighted by atomic mass is 9.96. The van der Waals surface area contributed by atoms with Crippen molar-refractivity contribution in [3.63, 3.8) is 0 Å². The van der Waals surface area contributed by atoms with Crippen LogP contribution in [0, 0.1) is 12.8 Å². The Bertz CT molecular complexity index is 828. The first kappa shape index (κ1) is 22.0. The van der Waals surface area contributed by atoms with E-state index in [2.05, 4.69) is 51.6 Å². The van der Waals surface area contributed by atoms with E-state index in [9.17, 15) is 9.59 Å². The number of carbonyl (C=O) groups excluding carboxylic acids is 2. The third-order valence-electron chi connectivity index (χ3n) is 5.24. The summed E-state index contributed by atoms with van der Waals surface area (Å²) in [5, 5.41) is 9.69. The zero-order chi connectivity index (χ0) is 21.5. The van der Waals surface area contributed by atoms with Crippen LogP contribution in [0.15, 0.2) is 40.9 Å². The molecule has 2 heterocycles. The molecule has 1 aliphatic rings. The molecule has 2 N–H and O–H groups in total. The van der Waals surface area contributed by atoms with Gasteiger partial charge in [-0.15, -0.1) is 0 Å². The molecule has 162 valence electrons. The lowest BCUT2D eigenvalue weighted by Crippen LogP contribution is -2.51. The van der Waals surface area contributed by atoms with E-state index < -0.39 is 0 Å². The molecule has 30 heavy (non-hydrogen) atoms. The van der Waals surface area contributed by atoms with Crippen LogP contribution >= 0.6 is 0 Å². The van der Waals surface area contributed by atoms with Crippen LogP contribution in [0.5, 0.6) is 0 Å². The topological polar surface area (TPSA) is 90.7 Å². The lowest BCUT2D eigenvalue weighted by molar-refractivity contribution is -0.124. The average Bonchev–Trinajstić information content (AvgIpc) is 3.12. The summed E-state index contributed by atoms with van der Waals surface area (Å²) in [6.07, 6.45) is 0. The fourth-order valence-corrected chi connectivity index (χ4v) is 3.63. The number of hydrogen-bond acceptors (Lipinski definition) is 6. The van der Waals surface area contributed by atoms with Crippen molar-refractivity contribution in [1.29, 1.82) is 0 Å². The Hall–Kier alpha value is -2.71. The zero-order valence-corrected chi connectivity index (χ0v) is 17.9. The summed E-state index contributed by atoms with van der Waals surface area (Å²) in [6.45, 7) is 9.66. The number of nitrogens with one attached hydrogen (secondary N) is 2. The minimum atomic E-state index is -0.114. The van der Waals surface area contributed by atoms with E-state index in [0.29, 0.717) is 30.6 Å². The molecule has 8 nitrogen and oxygen atoms in total. The monoisotopic (exact) mass is 413 g/mol. The van der Waals surface area contributed by atoms with Crippen LogP contribution in [0.3, 0.4) is 0 Å². The molecular formula is C22H31N5O3. The number of hydrogen-bond donors (Lipinski definition) is 2. The summed E-state index contributed by atoms with van der Waals surface area (Å²) in [4.78, 5) is 29.0. The maximum Gasteiger partial charge on any atom is 0.239 e. The van der Waals surface area contributed by atoms with Gasteiger partial charge in [-0.05, 0) is 18.4 Å². The fraction of sp³-hybridized carbons (Fsp3) is 0.500. The molecule has 1 aromatic carbocycles. The molecule has 1 unspecified atom stereocenters. The number of nitrogens with zero attached hydrogens (tertiary/aromatic N) is 3. The van der Waals surface area contributed by atoms with Crippen molar-refractivity contribution in [3.05, 3.63) is 47.7 Å². The van der Waals surface area contributed by atoms with E-state index in [-0.39, 0.29) is 17.9 Å². The van der Waals surface area contributed by atoms with Crippen molar-refractivity contribution < 1.29 is 14.1 Å². The third kappa shape index (κ3) is 6.40. The number of aromatic nitrogens is 1. The predicted octanol–water partition coefficient (Wildman–Crippen LogP) is 2.05. The van der Waals surface area contributed by atoms with Crippen LogP contribution in [-0.4, -0.2) is 66.0 Å². The number of amides is 2. The summed E-state index contributed by atoms with van der Waals surface area (Å²) in [5.74, 6) is 1.32. The van der Waals surface area contributed by atoms with E-state index in [1.54, 1.807) is 13.0 Å². The van der Waals surface area contributed by atoms with E-state index in [4.69, 9.17) is 4.52 Å². The third-order valence-corrected chi connectivity index (χ3v) is 5.24. The maximum atomic E-state index is 12.6. The Kier molecular flexibility index (Phi) is 7.59. The van der Waals surface area contributed by atoms with Crippen molar-refractivity contribution >= 4 is 17.6 Å². The van der Waals surface area contributed by atoms with E-state index in [1.165, 1.54) is 0 Å². The fourth-order valence-electron chi connectivity index (χ4n) is 3.63. The molecule has 1 atom stereocenters. The highest BCUT2D eigenvalue weighted by Crippen LogP contribution is 2.21. The van der Waals surface area contributed by atoms with Gasteiger partial charge in [-0.2, -0.15) is 0 Å². The Balaban J connectivity index is 1.41. The first-order valence-electron chi connectivity index (χ1n) is 10.4. The van der Waals surface area contributed by atoms with Gasteiger partial charge in [-0.25, -0.2) is 0 Å². The van der Waals surface area contributed by atoms with Crippen molar-refractivity contribution in [2.75, 3.05) is 44.6 Å². The maximum absolute atomic E-state index is 12.6. The van der Waals surface area contributed by atoms with Crippen LogP contribution < -0.4 is 10.6 Å². The molecule has 2 amide bonds. The molecule has 0 saturated carbocycles. The Labute approximate surface area is 177 Å². The predicted molar refractivity (Wildman–Crippen MR) is 115 cm³/mol. The number of rotatable bonds is 8. The zero-order valence-electron chi connectivity index (χ0n) is 17.9. The first-order chi connectivity index (χ1) is 14.4. The van der Waals surface area contributed by atoms with Crippen molar-refractivity contribution in [2.45, 2.75) is 26.8 Å². The highest BCUT2D eigenvalue weighted by Gasteiger charge is 2.23. The number of carbonyl (C=O) groups is 2. The summed E-state index contributed by atoms with van der Waals surface area (Å²) in [7, 11) is 0. The normalized spacial score (nSPS) is 16.4. The quantitative estimate of drug-likeness (QED) is 0.688. The Morgan fingerprint density at radius 2 is 1.63 bits per heavy atom. The van der Waals surface area contributed by atoms with Gasteiger partial charge in [0.05, 0.1) is 19.1 Å². The molecule has 2 aromatic rings. The second-order valence-corrected chi connectivity index (χ2v) is 8.12. The molecule has 1 aliphatic heterocycles. The van der Waals surface area contributed by atoms with Gasteiger partial charge in [0.2, 0.25) is 11.8 Å². The summed E-state index contributed by atoms with van der Waals surface area (Å²) in [5.41, 5.74) is 1.12. The van der Waals surface area contributed by atoms with Crippen molar-refractivity contribution in [2.24, 2.45) is 5.92 Å². The molecule has 0 radical (unpaired) electrons. The molecular weight excluding hydrogens is 382 g/mol. The summed E-state index contributed by atoms with van der Waals surface area (Å²) >= 11 is 0. The molecule has 0 spiro atoms. The van der Waals surface area contributed by atoms with Crippen LogP contribution in [-0.2, 0) is 9.59 Å². The number of piperazine rings is 1. The summed E-state index contributed by atoms with van der Waals surface area (Å²) < 4.78 is 4.95. The Morgan fingerprint density at radius 3 is 2.17 bits per heavy atom. The largest absolute Gasteiger partial charge is 0.360 e. The van der Waals surface area contributed by atoms with Crippen molar-refractivity contribution in [1.82, 2.24) is 20.3 Å². The molecule has 0 bridgehead atoms. The standard InChI is InChI=1S/C22H31N5O3/c1-16(2)22(18-7-5-4-6-8-18)24-21(29)15-27-11-9-26(10-12-27)14-20(28)23-19-13-17(3)30-25-19/h4-8,13,16,22H,9-12,14-15H2,1-3H3,(H,24,29)(H,23,25,28). The van der Waals surface area contributed by atoms with Gasteiger partial charge in [0.1, 0.15) is 5.76 Å². The lowest BCUT2D eigenvalue weighted by Gasteiger charge is -2.34. The van der Waals surface area contributed by atoms with E-state index >= 15 is 0 Å². The first-order valence-corrected chi connectivity index (χ1v) is 10.4. The molecule has 0 aliphatic carbocycles. The minimum absolute atomic E-state index is 0.00357. The number of benzene rings is 1. The Morgan fingerprint density at radius 1 is 1.03 bits per heavy atom. The molecule has 8 heteroatoms. The summed E-state index contributed by atoms with van der Waals surface area (Å²) in [6, 6.07) is 11.8. The van der Waals surface area contributed by atoms with Gasteiger partial charge in [-0.1, -0.05) is 49.3 Å². The second kappa shape index (κ2) is 10.4. The van der Waals surface area contributed by atoms with Crippen molar-refractivity contribution in [3.8, 4) is 0 Å². The average molecular weight is 414 g/mol. The van der Waals surface area contributed by atoms with E-state index in [1.807, 2.05) is 18.2 Å². The van der Waals surface area contributed by atoms with Crippen LogP contribution in [0.4, 0.5) is 5.82 Å². The number of anilines is 1. The minimum Gasteiger partial charge on any atom is -0.360 e.